The number of fused-ring (bicyclic) bond motifs is 1. The number of para-hydroxylation sites is 4. The van der Waals surface area contributed by atoms with Crippen LogP contribution in [0.25, 0.3) is 11.0 Å². The molecule has 3 aromatic rings. The minimum absolute atomic E-state index is 0.0701. The maximum Gasteiger partial charge on any atom is 0.269 e. The number of nitrogens with one attached hydrogen (secondary N) is 1. The Morgan fingerprint density at radius 3 is 2.67 bits per heavy atom. The Morgan fingerprint density at radius 2 is 1.81 bits per heavy atom. The number of rotatable bonds is 4. The first-order chi connectivity index (χ1) is 13.2. The number of amides is 1. The van der Waals surface area contributed by atoms with Crippen LogP contribution in [0.3, 0.4) is 0 Å². The van der Waals surface area contributed by atoms with Gasteiger partial charge in [0.15, 0.2) is 0 Å². The predicted molar refractivity (Wildman–Crippen MR) is 104 cm³/mol. The third-order valence-electron chi connectivity index (χ3n) is 4.58. The summed E-state index contributed by atoms with van der Waals surface area (Å²) in [5.74, 6) is -0.255. The summed E-state index contributed by atoms with van der Waals surface area (Å²) in [6.07, 6.45) is 1.25. The van der Waals surface area contributed by atoms with Crippen molar-refractivity contribution in [2.75, 3.05) is 36.5 Å². The van der Waals surface area contributed by atoms with Crippen LogP contribution in [0.5, 0.6) is 0 Å². The van der Waals surface area contributed by atoms with Crippen LogP contribution in [0.15, 0.2) is 59.5 Å². The number of hydrogen-bond acceptors (Lipinski definition) is 5. The molecule has 4 rings (SSSR count). The number of morpholine rings is 1. The van der Waals surface area contributed by atoms with E-state index in [2.05, 4.69) is 15.2 Å². The molecule has 138 valence electrons. The molecule has 0 aliphatic carbocycles. The van der Waals surface area contributed by atoms with Crippen LogP contribution in [0.1, 0.15) is 0 Å². The largest absolute Gasteiger partial charge is 0.378 e. The zero-order chi connectivity index (χ0) is 18.6. The second-order valence-corrected chi connectivity index (χ2v) is 6.34. The SMILES string of the molecule is O=C(Cn1c(=O)cnc2ccccc21)Nc1ccccc1N1CCOCC1. The van der Waals surface area contributed by atoms with Crippen molar-refractivity contribution >= 4 is 28.3 Å². The van der Waals surface area contributed by atoms with Gasteiger partial charge < -0.3 is 15.0 Å². The molecule has 1 aliphatic rings. The summed E-state index contributed by atoms with van der Waals surface area (Å²) < 4.78 is 6.84. The van der Waals surface area contributed by atoms with E-state index in [1.807, 2.05) is 42.5 Å². The molecule has 0 unspecified atom stereocenters. The van der Waals surface area contributed by atoms with Crippen molar-refractivity contribution in [3.05, 3.63) is 65.1 Å². The third-order valence-corrected chi connectivity index (χ3v) is 4.58. The maximum atomic E-state index is 12.7. The molecule has 27 heavy (non-hydrogen) atoms. The van der Waals surface area contributed by atoms with E-state index in [9.17, 15) is 9.59 Å². The zero-order valence-electron chi connectivity index (χ0n) is 14.8. The monoisotopic (exact) mass is 364 g/mol. The molecule has 7 nitrogen and oxygen atoms in total. The molecule has 2 heterocycles. The standard InChI is InChI=1S/C20H20N4O3/c25-19(14-24-18-8-4-1-5-15(18)21-13-20(24)26)22-16-6-2-3-7-17(16)23-9-11-27-12-10-23/h1-8,13H,9-12,14H2,(H,22,25). The van der Waals surface area contributed by atoms with Crippen molar-refractivity contribution < 1.29 is 9.53 Å². The fraction of sp³-hybridized carbons (Fsp3) is 0.250. The lowest BCUT2D eigenvalue weighted by Crippen LogP contribution is -2.37. The van der Waals surface area contributed by atoms with Crippen LogP contribution in [-0.2, 0) is 16.1 Å². The quantitative estimate of drug-likeness (QED) is 0.765. The van der Waals surface area contributed by atoms with Crippen LogP contribution in [-0.4, -0.2) is 41.8 Å². The van der Waals surface area contributed by atoms with E-state index >= 15 is 0 Å². The van der Waals surface area contributed by atoms with Crippen molar-refractivity contribution in [3.63, 3.8) is 0 Å². The molecule has 7 heteroatoms. The fourth-order valence-electron chi connectivity index (χ4n) is 3.27. The van der Waals surface area contributed by atoms with E-state index < -0.39 is 0 Å². The van der Waals surface area contributed by atoms with Crippen LogP contribution in [0, 0.1) is 0 Å². The van der Waals surface area contributed by atoms with Gasteiger partial charge in [-0.05, 0) is 24.3 Å². The number of carbonyl (C=O) groups is 1. The summed E-state index contributed by atoms with van der Waals surface area (Å²) in [5.41, 5.74) is 2.71. The summed E-state index contributed by atoms with van der Waals surface area (Å²) in [5, 5.41) is 2.95. The molecule has 0 spiro atoms. The Hall–Kier alpha value is -3.19. The maximum absolute atomic E-state index is 12.7. The number of nitrogens with zero attached hydrogens (tertiary/aromatic N) is 3. The lowest BCUT2D eigenvalue weighted by molar-refractivity contribution is -0.116. The highest BCUT2D eigenvalue weighted by atomic mass is 16.5. The summed E-state index contributed by atoms with van der Waals surface area (Å²) in [6.45, 7) is 2.82. The van der Waals surface area contributed by atoms with Gasteiger partial charge in [0.25, 0.3) is 5.56 Å². The highest BCUT2D eigenvalue weighted by Crippen LogP contribution is 2.26. The van der Waals surface area contributed by atoms with E-state index in [0.717, 1.165) is 24.5 Å². The Kier molecular flexibility index (Phi) is 4.84. The van der Waals surface area contributed by atoms with E-state index in [-0.39, 0.29) is 18.0 Å². The number of aromatic nitrogens is 2. The van der Waals surface area contributed by atoms with Crippen molar-refractivity contribution in [2.45, 2.75) is 6.54 Å². The Bertz CT molecular complexity index is 1020. The van der Waals surface area contributed by atoms with E-state index in [1.165, 1.54) is 10.8 Å². The van der Waals surface area contributed by atoms with Gasteiger partial charge in [0.2, 0.25) is 5.91 Å². The van der Waals surface area contributed by atoms with Crippen molar-refractivity contribution in [1.82, 2.24) is 9.55 Å². The fourth-order valence-corrected chi connectivity index (χ4v) is 3.27. The van der Waals surface area contributed by atoms with Gasteiger partial charge in [-0.15, -0.1) is 0 Å². The molecule has 1 amide bonds. The normalized spacial score (nSPS) is 14.3. The summed E-state index contributed by atoms with van der Waals surface area (Å²) >= 11 is 0. The zero-order valence-corrected chi connectivity index (χ0v) is 14.8. The lowest BCUT2D eigenvalue weighted by Gasteiger charge is -2.30. The molecule has 1 N–H and O–H groups in total. The number of benzene rings is 2. The van der Waals surface area contributed by atoms with Gasteiger partial charge in [-0.25, -0.2) is 4.98 Å². The minimum atomic E-state index is -0.301. The highest BCUT2D eigenvalue weighted by Gasteiger charge is 2.16. The molecular weight excluding hydrogens is 344 g/mol. The smallest absolute Gasteiger partial charge is 0.269 e. The first-order valence-electron chi connectivity index (χ1n) is 8.88. The average Bonchev–Trinajstić information content (AvgIpc) is 2.71. The van der Waals surface area contributed by atoms with Crippen molar-refractivity contribution in [2.24, 2.45) is 0 Å². The topological polar surface area (TPSA) is 76.5 Å². The van der Waals surface area contributed by atoms with Gasteiger partial charge in [0.1, 0.15) is 6.54 Å². The number of carbonyl (C=O) groups excluding carboxylic acids is 1. The Labute approximate surface area is 156 Å². The summed E-state index contributed by atoms with van der Waals surface area (Å²) in [4.78, 5) is 31.2. The average molecular weight is 364 g/mol. The van der Waals surface area contributed by atoms with Gasteiger partial charge in [-0.2, -0.15) is 0 Å². The summed E-state index contributed by atoms with van der Waals surface area (Å²) in [6, 6.07) is 15.0. The predicted octanol–water partition coefficient (Wildman–Crippen LogP) is 1.87. The molecule has 1 fully saturated rings. The van der Waals surface area contributed by atoms with E-state index in [1.54, 1.807) is 6.07 Å². The Morgan fingerprint density at radius 1 is 1.07 bits per heavy atom. The first-order valence-corrected chi connectivity index (χ1v) is 8.88. The van der Waals surface area contributed by atoms with Gasteiger partial charge in [-0.1, -0.05) is 24.3 Å². The van der Waals surface area contributed by atoms with Crippen LogP contribution >= 0.6 is 0 Å². The third kappa shape index (κ3) is 3.68. The number of hydrogen-bond donors (Lipinski definition) is 1. The molecule has 1 aromatic heterocycles. The van der Waals surface area contributed by atoms with Crippen LogP contribution < -0.4 is 15.8 Å². The van der Waals surface area contributed by atoms with Gasteiger partial charge >= 0.3 is 0 Å². The molecule has 0 atom stereocenters. The molecule has 0 bridgehead atoms. The number of ether oxygens (including phenoxy) is 1. The molecule has 1 aliphatic heterocycles. The second kappa shape index (κ2) is 7.59. The minimum Gasteiger partial charge on any atom is -0.378 e. The van der Waals surface area contributed by atoms with Crippen molar-refractivity contribution in [3.8, 4) is 0 Å². The van der Waals surface area contributed by atoms with Crippen LogP contribution in [0.4, 0.5) is 11.4 Å². The lowest BCUT2D eigenvalue weighted by atomic mass is 10.2. The van der Waals surface area contributed by atoms with Gasteiger partial charge in [-0.3, -0.25) is 14.2 Å². The highest BCUT2D eigenvalue weighted by molar-refractivity contribution is 5.95. The van der Waals surface area contributed by atoms with E-state index in [4.69, 9.17) is 4.74 Å². The van der Waals surface area contributed by atoms with E-state index in [0.29, 0.717) is 24.2 Å². The molecular formula is C20H20N4O3. The second-order valence-electron chi connectivity index (χ2n) is 6.34. The summed E-state index contributed by atoms with van der Waals surface area (Å²) in [7, 11) is 0. The van der Waals surface area contributed by atoms with Gasteiger partial charge in [0.05, 0.1) is 41.8 Å². The molecule has 1 saturated heterocycles. The van der Waals surface area contributed by atoms with Gasteiger partial charge in [0, 0.05) is 13.1 Å². The van der Waals surface area contributed by atoms with Crippen LogP contribution in [0.2, 0.25) is 0 Å². The molecule has 2 aromatic carbocycles. The number of anilines is 2. The molecule has 0 saturated carbocycles. The first kappa shape index (κ1) is 17.2. The van der Waals surface area contributed by atoms with Crippen molar-refractivity contribution in [1.29, 1.82) is 0 Å². The Balaban J connectivity index is 1.58. The molecule has 0 radical (unpaired) electrons.